The fourth-order valence-corrected chi connectivity index (χ4v) is 2.75. The van der Waals surface area contributed by atoms with Gasteiger partial charge in [0.1, 0.15) is 17.5 Å². The van der Waals surface area contributed by atoms with E-state index in [1.165, 1.54) is 19.1 Å². The van der Waals surface area contributed by atoms with Crippen molar-refractivity contribution in [1.82, 2.24) is 0 Å². The summed E-state index contributed by atoms with van der Waals surface area (Å²) in [5, 5.41) is 0. The first-order valence-corrected chi connectivity index (χ1v) is 8.17. The standard InChI is InChI=1S/C21H16F5N/c1-11-4-6-14(7-5-11)27(18-9-15(22)12(2)8-17(18)24)19-10-16(23)13(3)20(25)21(19)26/h4-10H,1-3H3. The Bertz CT molecular complexity index is 1010. The Balaban J connectivity index is 2.33. The number of anilines is 3. The largest absolute Gasteiger partial charge is 0.305 e. The molecule has 0 aromatic heterocycles. The summed E-state index contributed by atoms with van der Waals surface area (Å²) in [4.78, 5) is 0.957. The van der Waals surface area contributed by atoms with E-state index in [4.69, 9.17) is 0 Å². The molecular formula is C21H16F5N. The summed E-state index contributed by atoms with van der Waals surface area (Å²) in [5.41, 5.74) is -0.247. The van der Waals surface area contributed by atoms with E-state index in [2.05, 4.69) is 0 Å². The van der Waals surface area contributed by atoms with Crippen LogP contribution in [0.2, 0.25) is 0 Å². The molecule has 0 unspecified atom stereocenters. The molecule has 0 fully saturated rings. The molecule has 0 aliphatic carbocycles. The second-order valence-electron chi connectivity index (χ2n) is 6.35. The fraction of sp³-hybridized carbons (Fsp3) is 0.143. The predicted molar refractivity (Wildman–Crippen MR) is 95.1 cm³/mol. The average Bonchev–Trinajstić information content (AvgIpc) is 2.63. The lowest BCUT2D eigenvalue weighted by atomic mass is 10.1. The van der Waals surface area contributed by atoms with E-state index >= 15 is 0 Å². The van der Waals surface area contributed by atoms with Crippen LogP contribution in [-0.4, -0.2) is 0 Å². The van der Waals surface area contributed by atoms with E-state index in [1.807, 2.05) is 6.92 Å². The molecule has 3 aromatic rings. The van der Waals surface area contributed by atoms with Crippen molar-refractivity contribution in [2.45, 2.75) is 20.8 Å². The number of rotatable bonds is 3. The Kier molecular flexibility index (Phi) is 4.91. The minimum absolute atomic E-state index is 0.0573. The summed E-state index contributed by atoms with van der Waals surface area (Å²) in [6.07, 6.45) is 0. The van der Waals surface area contributed by atoms with Crippen LogP contribution in [-0.2, 0) is 0 Å². The van der Waals surface area contributed by atoms with Crippen molar-refractivity contribution in [2.24, 2.45) is 0 Å². The maximum Gasteiger partial charge on any atom is 0.183 e. The first-order valence-electron chi connectivity index (χ1n) is 8.17. The van der Waals surface area contributed by atoms with E-state index in [0.717, 1.165) is 35.6 Å². The summed E-state index contributed by atoms with van der Waals surface area (Å²) < 4.78 is 71.6. The number of hydrogen-bond donors (Lipinski definition) is 0. The Morgan fingerprint density at radius 2 is 1.22 bits per heavy atom. The van der Waals surface area contributed by atoms with Gasteiger partial charge in [-0.3, -0.25) is 0 Å². The number of halogens is 5. The van der Waals surface area contributed by atoms with E-state index in [-0.39, 0.29) is 16.9 Å². The van der Waals surface area contributed by atoms with Gasteiger partial charge in [-0.05, 0) is 44.5 Å². The van der Waals surface area contributed by atoms with E-state index in [1.54, 1.807) is 12.1 Å². The second-order valence-corrected chi connectivity index (χ2v) is 6.35. The molecule has 6 heteroatoms. The smallest absolute Gasteiger partial charge is 0.183 e. The molecule has 0 amide bonds. The molecule has 0 atom stereocenters. The molecule has 140 valence electrons. The molecule has 0 bridgehead atoms. The molecule has 3 aromatic carbocycles. The lowest BCUT2D eigenvalue weighted by molar-refractivity contribution is 0.487. The van der Waals surface area contributed by atoms with Crippen LogP contribution in [0, 0.1) is 49.9 Å². The topological polar surface area (TPSA) is 3.24 Å². The van der Waals surface area contributed by atoms with Crippen LogP contribution in [0.15, 0.2) is 42.5 Å². The van der Waals surface area contributed by atoms with E-state index in [9.17, 15) is 22.0 Å². The minimum Gasteiger partial charge on any atom is -0.305 e. The van der Waals surface area contributed by atoms with Crippen molar-refractivity contribution >= 4 is 17.1 Å². The first-order chi connectivity index (χ1) is 12.7. The van der Waals surface area contributed by atoms with Crippen LogP contribution in [0.4, 0.5) is 39.0 Å². The number of aryl methyl sites for hydroxylation is 2. The zero-order valence-corrected chi connectivity index (χ0v) is 14.9. The van der Waals surface area contributed by atoms with Crippen LogP contribution < -0.4 is 4.90 Å². The van der Waals surface area contributed by atoms with Gasteiger partial charge in [0.15, 0.2) is 11.6 Å². The number of hydrogen-bond acceptors (Lipinski definition) is 1. The van der Waals surface area contributed by atoms with Crippen LogP contribution >= 0.6 is 0 Å². The van der Waals surface area contributed by atoms with Gasteiger partial charge in [0.25, 0.3) is 0 Å². The van der Waals surface area contributed by atoms with Gasteiger partial charge in [0.2, 0.25) is 0 Å². The van der Waals surface area contributed by atoms with Gasteiger partial charge in [-0.15, -0.1) is 0 Å². The average molecular weight is 377 g/mol. The van der Waals surface area contributed by atoms with E-state index < -0.39 is 40.3 Å². The maximum atomic E-state index is 14.7. The third-order valence-electron chi connectivity index (χ3n) is 4.37. The summed E-state index contributed by atoms with van der Waals surface area (Å²) in [6, 6.07) is 8.99. The molecule has 27 heavy (non-hydrogen) atoms. The molecule has 3 rings (SSSR count). The highest BCUT2D eigenvalue weighted by atomic mass is 19.2. The number of nitrogens with zero attached hydrogens (tertiary/aromatic N) is 1. The number of benzene rings is 3. The van der Waals surface area contributed by atoms with Crippen LogP contribution in [0.25, 0.3) is 0 Å². The minimum atomic E-state index is -1.38. The van der Waals surface area contributed by atoms with Crippen LogP contribution in [0.5, 0.6) is 0 Å². The Morgan fingerprint density at radius 1 is 0.630 bits per heavy atom. The molecule has 0 N–H and O–H groups in total. The lowest BCUT2D eigenvalue weighted by Gasteiger charge is -2.27. The van der Waals surface area contributed by atoms with Crippen molar-refractivity contribution in [3.8, 4) is 0 Å². The summed E-state index contributed by atoms with van der Waals surface area (Å²) in [6.45, 7) is 4.29. The molecule has 0 radical (unpaired) electrons. The zero-order valence-electron chi connectivity index (χ0n) is 14.9. The highest BCUT2D eigenvalue weighted by Gasteiger charge is 2.25. The summed E-state index contributed by atoms with van der Waals surface area (Å²) in [7, 11) is 0. The Labute approximate surface area is 153 Å². The van der Waals surface area contributed by atoms with Gasteiger partial charge in [-0.1, -0.05) is 17.7 Å². The van der Waals surface area contributed by atoms with Gasteiger partial charge in [0.05, 0.1) is 11.4 Å². The van der Waals surface area contributed by atoms with Gasteiger partial charge in [0, 0.05) is 23.4 Å². The van der Waals surface area contributed by atoms with Crippen molar-refractivity contribution < 1.29 is 22.0 Å². The fourth-order valence-electron chi connectivity index (χ4n) is 2.75. The second kappa shape index (κ2) is 7.02. The monoisotopic (exact) mass is 377 g/mol. The van der Waals surface area contributed by atoms with Gasteiger partial charge >= 0.3 is 0 Å². The highest BCUT2D eigenvalue weighted by Crippen LogP contribution is 2.40. The Morgan fingerprint density at radius 3 is 1.85 bits per heavy atom. The van der Waals surface area contributed by atoms with Crippen molar-refractivity contribution in [1.29, 1.82) is 0 Å². The summed E-state index contributed by atoms with van der Waals surface area (Å²) in [5.74, 6) is -5.30. The first kappa shape index (κ1) is 18.9. The molecule has 0 saturated carbocycles. The molecule has 0 spiro atoms. The third kappa shape index (κ3) is 3.39. The van der Waals surface area contributed by atoms with Crippen molar-refractivity contribution in [2.75, 3.05) is 4.90 Å². The van der Waals surface area contributed by atoms with E-state index in [0.29, 0.717) is 0 Å². The molecule has 0 aliphatic heterocycles. The normalized spacial score (nSPS) is 11.0. The molecule has 0 saturated heterocycles. The molecular weight excluding hydrogens is 361 g/mol. The maximum absolute atomic E-state index is 14.7. The van der Waals surface area contributed by atoms with Crippen LogP contribution in [0.3, 0.4) is 0 Å². The molecule has 0 aliphatic rings. The van der Waals surface area contributed by atoms with Crippen LogP contribution in [0.1, 0.15) is 16.7 Å². The van der Waals surface area contributed by atoms with Crippen molar-refractivity contribution in [3.05, 3.63) is 88.2 Å². The highest BCUT2D eigenvalue weighted by molar-refractivity contribution is 5.77. The SMILES string of the molecule is Cc1ccc(N(c2cc(F)c(C)cc2F)c2cc(F)c(C)c(F)c2F)cc1. The Hall–Kier alpha value is -2.89. The zero-order chi connectivity index (χ0) is 19.9. The van der Waals surface area contributed by atoms with Gasteiger partial charge in [-0.25, -0.2) is 22.0 Å². The van der Waals surface area contributed by atoms with Gasteiger partial charge < -0.3 is 4.90 Å². The quantitative estimate of drug-likeness (QED) is 0.359. The van der Waals surface area contributed by atoms with Gasteiger partial charge in [-0.2, -0.15) is 0 Å². The summed E-state index contributed by atoms with van der Waals surface area (Å²) >= 11 is 0. The molecule has 1 nitrogen and oxygen atoms in total. The predicted octanol–water partition coefficient (Wildman–Crippen LogP) is 6.78. The van der Waals surface area contributed by atoms with Crippen molar-refractivity contribution in [3.63, 3.8) is 0 Å². The molecule has 0 heterocycles. The third-order valence-corrected chi connectivity index (χ3v) is 4.37. The lowest BCUT2D eigenvalue weighted by Crippen LogP contribution is -2.16.